The molecule has 2 aromatic heterocycles. The number of nitrogens with one attached hydrogen (secondary N) is 1. The van der Waals surface area contributed by atoms with E-state index >= 15 is 0 Å². The summed E-state index contributed by atoms with van der Waals surface area (Å²) in [5.41, 5.74) is 3.04. The molecular weight excluding hydrogens is 387 g/mol. The predicted octanol–water partition coefficient (Wildman–Crippen LogP) is 3.51. The quantitative estimate of drug-likeness (QED) is 0.670. The molecule has 0 saturated carbocycles. The fourth-order valence-corrected chi connectivity index (χ4v) is 4.16. The number of likely N-dealkylation sites (tertiary alicyclic amines) is 1. The number of carboxylic acid groups (broad SMARTS) is 1. The third-order valence-electron chi connectivity index (χ3n) is 5.62. The van der Waals surface area contributed by atoms with Gasteiger partial charge in [-0.15, -0.1) is 0 Å². The zero-order valence-corrected chi connectivity index (χ0v) is 16.5. The number of H-pyrrole nitrogens is 1. The van der Waals surface area contributed by atoms with Crippen molar-refractivity contribution in [2.24, 2.45) is 0 Å². The number of methoxy groups -OCH3 is 1. The van der Waals surface area contributed by atoms with Crippen LogP contribution >= 0.6 is 0 Å². The van der Waals surface area contributed by atoms with Crippen molar-refractivity contribution in [1.82, 2.24) is 14.9 Å². The number of piperidine rings is 1. The summed E-state index contributed by atoms with van der Waals surface area (Å²) in [5.74, 6) is -0.524. The largest absolute Gasteiger partial charge is 0.496 e. The molecule has 0 atom stereocenters. The summed E-state index contributed by atoms with van der Waals surface area (Å²) in [6, 6.07) is 8.36. The number of hydrogen-bond acceptors (Lipinski definition) is 5. The van der Waals surface area contributed by atoms with Crippen molar-refractivity contribution in [2.45, 2.75) is 18.8 Å². The Balaban J connectivity index is 1.74. The number of carboxylic acids is 1. The van der Waals surface area contributed by atoms with Gasteiger partial charge in [0.25, 0.3) is 0 Å². The number of nitrogens with zero attached hydrogens (tertiary/aromatic N) is 3. The summed E-state index contributed by atoms with van der Waals surface area (Å²) < 4.78 is 19.4. The molecule has 0 bridgehead atoms. The molecule has 1 aliphatic rings. The second kappa shape index (κ2) is 8.13. The number of fused-ring (bicyclic) bond motifs is 1. The number of pyridine rings is 1. The van der Waals surface area contributed by atoms with Gasteiger partial charge in [0.15, 0.2) is 0 Å². The second-order valence-electron chi connectivity index (χ2n) is 7.43. The molecule has 8 heteroatoms. The number of benzene rings is 1. The van der Waals surface area contributed by atoms with Crippen molar-refractivity contribution in [3.05, 3.63) is 47.5 Å². The van der Waals surface area contributed by atoms with Gasteiger partial charge in [-0.1, -0.05) is 0 Å². The van der Waals surface area contributed by atoms with Gasteiger partial charge in [-0.25, -0.2) is 9.37 Å². The number of rotatable bonds is 5. The standard InChI is InChI=1S/C22H21FN4O3/c1-30-19-3-2-15(23)8-16(19)21-14(10-24)11-25-22-17(21)9-18(26-22)13-4-6-27(7-5-13)12-20(28)29/h2-3,8-9,11,13H,4-7,12H2,1H3,(H,25,26)(H,28,29). The lowest BCUT2D eigenvalue weighted by Crippen LogP contribution is -2.36. The van der Waals surface area contributed by atoms with Crippen LogP contribution in [0.1, 0.15) is 30.0 Å². The van der Waals surface area contributed by atoms with Crippen molar-refractivity contribution in [2.75, 3.05) is 26.7 Å². The maximum Gasteiger partial charge on any atom is 0.317 e. The highest BCUT2D eigenvalue weighted by molar-refractivity contribution is 5.98. The first-order chi connectivity index (χ1) is 14.5. The summed E-state index contributed by atoms with van der Waals surface area (Å²) in [5, 5.41) is 19.4. The van der Waals surface area contributed by atoms with Crippen LogP contribution in [-0.2, 0) is 4.79 Å². The molecule has 1 saturated heterocycles. The van der Waals surface area contributed by atoms with E-state index in [4.69, 9.17) is 9.84 Å². The topological polar surface area (TPSA) is 102 Å². The number of halogens is 1. The average molecular weight is 408 g/mol. The van der Waals surface area contributed by atoms with Gasteiger partial charge < -0.3 is 14.8 Å². The number of ether oxygens (including phenoxy) is 1. The molecule has 1 aromatic carbocycles. The van der Waals surface area contributed by atoms with Gasteiger partial charge in [-0.05, 0) is 50.2 Å². The first-order valence-corrected chi connectivity index (χ1v) is 9.70. The highest BCUT2D eigenvalue weighted by atomic mass is 19.1. The Morgan fingerprint density at radius 1 is 1.40 bits per heavy atom. The van der Waals surface area contributed by atoms with Crippen LogP contribution in [0.2, 0.25) is 0 Å². The Bertz CT molecular complexity index is 1140. The molecule has 1 aliphatic heterocycles. The van der Waals surface area contributed by atoms with Crippen LogP contribution in [0, 0.1) is 17.1 Å². The van der Waals surface area contributed by atoms with E-state index in [9.17, 15) is 14.4 Å². The maximum atomic E-state index is 14.0. The summed E-state index contributed by atoms with van der Waals surface area (Å²) in [4.78, 5) is 20.6. The zero-order valence-electron chi connectivity index (χ0n) is 16.5. The summed E-state index contributed by atoms with van der Waals surface area (Å²) in [6.07, 6.45) is 3.13. The van der Waals surface area contributed by atoms with E-state index in [1.165, 1.54) is 25.4 Å². The smallest absolute Gasteiger partial charge is 0.317 e. The lowest BCUT2D eigenvalue weighted by molar-refractivity contribution is -0.138. The summed E-state index contributed by atoms with van der Waals surface area (Å²) >= 11 is 0. The lowest BCUT2D eigenvalue weighted by Gasteiger charge is -2.30. The van der Waals surface area contributed by atoms with Crippen molar-refractivity contribution in [3.63, 3.8) is 0 Å². The van der Waals surface area contributed by atoms with Crippen LogP contribution in [0.4, 0.5) is 4.39 Å². The molecule has 3 aromatic rings. The molecule has 0 aliphatic carbocycles. The monoisotopic (exact) mass is 408 g/mol. The Hall–Kier alpha value is -3.44. The Kier molecular flexibility index (Phi) is 5.38. The Morgan fingerprint density at radius 3 is 2.83 bits per heavy atom. The fraction of sp³-hybridized carbons (Fsp3) is 0.318. The molecule has 154 valence electrons. The minimum absolute atomic E-state index is 0.0516. The fourth-order valence-electron chi connectivity index (χ4n) is 4.16. The van der Waals surface area contributed by atoms with Gasteiger partial charge in [-0.3, -0.25) is 9.69 Å². The SMILES string of the molecule is COc1ccc(F)cc1-c1c(C#N)cnc2[nH]c(C3CCN(CC(=O)O)CC3)cc12. The summed E-state index contributed by atoms with van der Waals surface area (Å²) in [6.45, 7) is 1.46. The average Bonchev–Trinajstić information content (AvgIpc) is 3.17. The highest BCUT2D eigenvalue weighted by Crippen LogP contribution is 2.39. The molecule has 7 nitrogen and oxygen atoms in total. The number of aromatic amines is 1. The van der Waals surface area contributed by atoms with Crippen molar-refractivity contribution < 1.29 is 19.0 Å². The minimum atomic E-state index is -0.819. The third kappa shape index (κ3) is 3.72. The van der Waals surface area contributed by atoms with Gasteiger partial charge in [0.05, 0.1) is 19.2 Å². The van der Waals surface area contributed by atoms with Gasteiger partial charge >= 0.3 is 5.97 Å². The maximum absolute atomic E-state index is 14.0. The first-order valence-electron chi connectivity index (χ1n) is 9.70. The highest BCUT2D eigenvalue weighted by Gasteiger charge is 2.25. The van der Waals surface area contributed by atoms with E-state index in [2.05, 4.69) is 16.0 Å². The van der Waals surface area contributed by atoms with Crippen LogP contribution < -0.4 is 4.74 Å². The number of hydrogen-bond donors (Lipinski definition) is 2. The van der Waals surface area contributed by atoms with Crippen LogP contribution in [0.5, 0.6) is 5.75 Å². The van der Waals surface area contributed by atoms with Gasteiger partial charge in [0, 0.05) is 34.3 Å². The van der Waals surface area contributed by atoms with Crippen LogP contribution in [0.25, 0.3) is 22.2 Å². The normalized spacial score (nSPS) is 15.2. The molecule has 2 N–H and O–H groups in total. The molecular formula is C22H21FN4O3. The number of aliphatic carboxylic acids is 1. The molecule has 3 heterocycles. The van der Waals surface area contributed by atoms with E-state index in [1.807, 2.05) is 11.0 Å². The second-order valence-corrected chi connectivity index (χ2v) is 7.43. The summed E-state index contributed by atoms with van der Waals surface area (Å²) in [7, 11) is 1.51. The third-order valence-corrected chi connectivity index (χ3v) is 5.62. The molecule has 0 unspecified atom stereocenters. The van der Waals surface area contributed by atoms with E-state index in [1.54, 1.807) is 6.07 Å². The van der Waals surface area contributed by atoms with Gasteiger partial charge in [0.1, 0.15) is 23.3 Å². The zero-order chi connectivity index (χ0) is 21.3. The molecule has 0 radical (unpaired) electrons. The Morgan fingerprint density at radius 2 is 2.17 bits per heavy atom. The van der Waals surface area contributed by atoms with E-state index in [0.29, 0.717) is 41.2 Å². The number of nitriles is 1. The molecule has 30 heavy (non-hydrogen) atoms. The van der Waals surface area contributed by atoms with E-state index in [0.717, 1.165) is 23.9 Å². The number of carbonyl (C=O) groups is 1. The minimum Gasteiger partial charge on any atom is -0.496 e. The predicted molar refractivity (Wildman–Crippen MR) is 109 cm³/mol. The number of aromatic nitrogens is 2. The molecule has 0 spiro atoms. The van der Waals surface area contributed by atoms with Crippen LogP contribution in [0.3, 0.4) is 0 Å². The Labute approximate surface area is 172 Å². The van der Waals surface area contributed by atoms with E-state index in [-0.39, 0.29) is 12.5 Å². The first kappa shape index (κ1) is 19.9. The molecule has 1 fully saturated rings. The van der Waals surface area contributed by atoms with Crippen molar-refractivity contribution in [1.29, 1.82) is 5.26 Å². The van der Waals surface area contributed by atoms with Crippen molar-refractivity contribution >= 4 is 17.0 Å². The van der Waals surface area contributed by atoms with Crippen LogP contribution in [-0.4, -0.2) is 52.7 Å². The lowest BCUT2D eigenvalue weighted by atomic mass is 9.92. The van der Waals surface area contributed by atoms with Crippen molar-refractivity contribution in [3.8, 4) is 22.9 Å². The molecule has 4 rings (SSSR count). The van der Waals surface area contributed by atoms with Crippen LogP contribution in [0.15, 0.2) is 30.5 Å². The van der Waals surface area contributed by atoms with Gasteiger partial charge in [-0.2, -0.15) is 5.26 Å². The van der Waals surface area contributed by atoms with Gasteiger partial charge in [0.2, 0.25) is 0 Å². The molecule has 0 amide bonds. The van der Waals surface area contributed by atoms with E-state index < -0.39 is 11.8 Å².